The third-order valence-electron chi connectivity index (χ3n) is 3.82. The fourth-order valence-electron chi connectivity index (χ4n) is 2.86. The maximum absolute atomic E-state index is 6.05. The number of rotatable bonds is 5. The second kappa shape index (κ2) is 6.95. The van der Waals surface area contributed by atoms with Crippen LogP contribution >= 0.6 is 0 Å². The van der Waals surface area contributed by atoms with Crippen LogP contribution in [0.25, 0.3) is 0 Å². The third kappa shape index (κ3) is 4.58. The molecule has 0 atom stereocenters. The van der Waals surface area contributed by atoms with Crippen molar-refractivity contribution >= 4 is 0 Å². The van der Waals surface area contributed by atoms with Crippen LogP contribution in [0.3, 0.4) is 0 Å². The van der Waals surface area contributed by atoms with Crippen molar-refractivity contribution in [3.8, 4) is 5.75 Å². The first kappa shape index (κ1) is 17.0. The Morgan fingerprint density at radius 1 is 1.17 bits per heavy atom. The van der Waals surface area contributed by atoms with E-state index in [1.165, 1.54) is 5.56 Å². The first-order valence-electron chi connectivity index (χ1n) is 8.46. The SMILES string of the molecule is CC(C)(C)Oc1ccc(CC2(Cn3ccnc3)OCCCO2)cc1. The van der Waals surface area contributed by atoms with Gasteiger partial charge in [0.05, 0.1) is 26.1 Å². The van der Waals surface area contributed by atoms with E-state index in [0.29, 0.717) is 13.0 Å². The van der Waals surface area contributed by atoms with E-state index in [-0.39, 0.29) is 5.60 Å². The fraction of sp³-hybridized carbons (Fsp3) is 0.526. The summed E-state index contributed by atoms with van der Waals surface area (Å²) in [6, 6.07) is 8.18. The molecule has 1 saturated heterocycles. The minimum absolute atomic E-state index is 0.195. The fourth-order valence-corrected chi connectivity index (χ4v) is 2.86. The van der Waals surface area contributed by atoms with Gasteiger partial charge in [0, 0.05) is 18.8 Å². The van der Waals surface area contributed by atoms with Gasteiger partial charge >= 0.3 is 0 Å². The molecule has 5 nitrogen and oxygen atoms in total. The summed E-state index contributed by atoms with van der Waals surface area (Å²) < 4.78 is 20.0. The second-order valence-electron chi connectivity index (χ2n) is 7.23. The van der Waals surface area contributed by atoms with Crippen LogP contribution in [0.5, 0.6) is 5.75 Å². The lowest BCUT2D eigenvalue weighted by Gasteiger charge is -2.37. The van der Waals surface area contributed by atoms with Gasteiger partial charge in [-0.1, -0.05) is 12.1 Å². The summed E-state index contributed by atoms with van der Waals surface area (Å²) in [5.74, 6) is 0.242. The smallest absolute Gasteiger partial charge is 0.190 e. The second-order valence-corrected chi connectivity index (χ2v) is 7.23. The normalized spacial score (nSPS) is 17.6. The molecule has 0 bridgehead atoms. The number of nitrogens with zero attached hydrogens (tertiary/aromatic N) is 2. The molecular weight excluding hydrogens is 304 g/mol. The summed E-state index contributed by atoms with van der Waals surface area (Å²) in [5, 5.41) is 0. The number of benzene rings is 1. The Morgan fingerprint density at radius 3 is 2.46 bits per heavy atom. The van der Waals surface area contributed by atoms with Gasteiger partial charge in [-0.05, 0) is 44.9 Å². The first-order chi connectivity index (χ1) is 11.4. The number of ether oxygens (including phenoxy) is 3. The molecule has 1 aromatic carbocycles. The summed E-state index contributed by atoms with van der Waals surface area (Å²) in [6.45, 7) is 8.22. The monoisotopic (exact) mass is 330 g/mol. The number of aromatic nitrogens is 2. The molecule has 24 heavy (non-hydrogen) atoms. The molecule has 2 heterocycles. The van der Waals surface area contributed by atoms with Crippen molar-refractivity contribution in [2.75, 3.05) is 13.2 Å². The van der Waals surface area contributed by atoms with Crippen LogP contribution in [0.15, 0.2) is 43.0 Å². The van der Waals surface area contributed by atoms with Gasteiger partial charge in [-0.2, -0.15) is 0 Å². The lowest BCUT2D eigenvalue weighted by molar-refractivity contribution is -0.272. The molecule has 0 unspecified atom stereocenters. The topological polar surface area (TPSA) is 45.5 Å². The Morgan fingerprint density at radius 2 is 1.88 bits per heavy atom. The predicted molar refractivity (Wildman–Crippen MR) is 92.0 cm³/mol. The molecule has 1 aliphatic rings. The van der Waals surface area contributed by atoms with Gasteiger partial charge in [0.25, 0.3) is 0 Å². The molecule has 0 aliphatic carbocycles. The van der Waals surface area contributed by atoms with E-state index >= 15 is 0 Å². The Labute approximate surface area is 143 Å². The maximum Gasteiger partial charge on any atom is 0.190 e. The van der Waals surface area contributed by atoms with Crippen LogP contribution in [0.4, 0.5) is 0 Å². The highest BCUT2D eigenvalue weighted by Gasteiger charge is 2.35. The maximum atomic E-state index is 6.05. The highest BCUT2D eigenvalue weighted by atomic mass is 16.7. The van der Waals surface area contributed by atoms with E-state index in [4.69, 9.17) is 14.2 Å². The minimum atomic E-state index is -0.634. The zero-order chi connectivity index (χ0) is 17.0. The number of imidazole rings is 1. The van der Waals surface area contributed by atoms with Gasteiger partial charge in [0.2, 0.25) is 0 Å². The van der Waals surface area contributed by atoms with Gasteiger partial charge in [-0.3, -0.25) is 0 Å². The van der Waals surface area contributed by atoms with E-state index in [1.54, 1.807) is 12.5 Å². The minimum Gasteiger partial charge on any atom is -0.488 e. The van der Waals surface area contributed by atoms with E-state index in [2.05, 4.69) is 17.1 Å². The average Bonchev–Trinajstić information content (AvgIpc) is 3.01. The number of hydrogen-bond acceptors (Lipinski definition) is 4. The zero-order valence-corrected chi connectivity index (χ0v) is 14.7. The lowest BCUT2D eigenvalue weighted by atomic mass is 10.0. The highest BCUT2D eigenvalue weighted by Crippen LogP contribution is 2.27. The van der Waals surface area contributed by atoms with Crippen LogP contribution in [-0.4, -0.2) is 34.2 Å². The van der Waals surface area contributed by atoms with Crippen LogP contribution < -0.4 is 4.74 Å². The average molecular weight is 330 g/mol. The quantitative estimate of drug-likeness (QED) is 0.842. The van der Waals surface area contributed by atoms with E-state index in [9.17, 15) is 0 Å². The largest absolute Gasteiger partial charge is 0.488 e. The van der Waals surface area contributed by atoms with Crippen LogP contribution in [0, 0.1) is 0 Å². The third-order valence-corrected chi connectivity index (χ3v) is 3.82. The predicted octanol–water partition coefficient (Wildman–Crippen LogP) is 3.44. The zero-order valence-electron chi connectivity index (χ0n) is 14.7. The standard InChI is InChI=1S/C19H26N2O3/c1-18(2,3)24-17-7-5-16(6-8-17)13-19(22-11-4-12-23-19)14-21-10-9-20-15-21/h5-10,15H,4,11-14H2,1-3H3. The van der Waals surface area contributed by atoms with Gasteiger partial charge in [-0.15, -0.1) is 0 Å². The Bertz CT molecular complexity index is 624. The van der Waals surface area contributed by atoms with Crippen molar-refractivity contribution in [1.82, 2.24) is 9.55 Å². The van der Waals surface area contributed by atoms with Gasteiger partial charge in [-0.25, -0.2) is 4.98 Å². The van der Waals surface area contributed by atoms with Crippen LogP contribution in [0.1, 0.15) is 32.8 Å². The van der Waals surface area contributed by atoms with Gasteiger partial charge in [0.1, 0.15) is 11.4 Å². The summed E-state index contributed by atoms with van der Waals surface area (Å²) in [5.41, 5.74) is 0.970. The summed E-state index contributed by atoms with van der Waals surface area (Å²) in [4.78, 5) is 4.11. The van der Waals surface area contributed by atoms with Crippen molar-refractivity contribution in [1.29, 1.82) is 0 Å². The molecule has 3 rings (SSSR count). The molecule has 0 radical (unpaired) electrons. The Hall–Kier alpha value is -1.85. The molecule has 2 aromatic rings. The molecule has 1 fully saturated rings. The van der Waals surface area contributed by atoms with Gasteiger partial charge in [0.15, 0.2) is 5.79 Å². The Balaban J connectivity index is 1.72. The van der Waals surface area contributed by atoms with E-state index in [0.717, 1.165) is 25.4 Å². The molecule has 1 aromatic heterocycles. The van der Waals surface area contributed by atoms with Crippen molar-refractivity contribution in [2.45, 2.75) is 51.5 Å². The van der Waals surface area contributed by atoms with Crippen LogP contribution in [0.2, 0.25) is 0 Å². The summed E-state index contributed by atoms with van der Waals surface area (Å²) >= 11 is 0. The lowest BCUT2D eigenvalue weighted by Crippen LogP contribution is -2.46. The van der Waals surface area contributed by atoms with Crippen molar-refractivity contribution in [3.63, 3.8) is 0 Å². The molecule has 1 aliphatic heterocycles. The van der Waals surface area contributed by atoms with E-state index < -0.39 is 5.79 Å². The van der Waals surface area contributed by atoms with Crippen molar-refractivity contribution in [3.05, 3.63) is 48.5 Å². The molecule has 5 heteroatoms. The molecule has 0 spiro atoms. The van der Waals surface area contributed by atoms with Crippen molar-refractivity contribution < 1.29 is 14.2 Å². The molecule has 0 saturated carbocycles. The van der Waals surface area contributed by atoms with Gasteiger partial charge < -0.3 is 18.8 Å². The van der Waals surface area contributed by atoms with Crippen LogP contribution in [-0.2, 0) is 22.4 Å². The Kier molecular flexibility index (Phi) is 4.92. The molecule has 0 amide bonds. The summed E-state index contributed by atoms with van der Waals surface area (Å²) in [6.07, 6.45) is 7.13. The van der Waals surface area contributed by atoms with E-state index in [1.807, 2.05) is 43.7 Å². The summed E-state index contributed by atoms with van der Waals surface area (Å²) in [7, 11) is 0. The molecule has 130 valence electrons. The molecule has 0 N–H and O–H groups in total. The number of hydrogen-bond donors (Lipinski definition) is 0. The first-order valence-corrected chi connectivity index (χ1v) is 8.46. The highest BCUT2D eigenvalue weighted by molar-refractivity contribution is 5.28. The molecular formula is C19H26N2O3. The van der Waals surface area contributed by atoms with Crippen molar-refractivity contribution in [2.24, 2.45) is 0 Å².